The minimum Gasteiger partial charge on any atom is -0.381 e. The molecular weight excluding hydrogens is 328 g/mol. The Morgan fingerprint density at radius 1 is 1.20 bits per heavy atom. The molecule has 0 bridgehead atoms. The van der Waals surface area contributed by atoms with Crippen LogP contribution in [0.3, 0.4) is 0 Å². The average Bonchev–Trinajstić information content (AvgIpc) is 2.64. The number of hydrogen-bond acceptors (Lipinski definition) is 4. The number of aromatic nitrogens is 1. The summed E-state index contributed by atoms with van der Waals surface area (Å²) in [5, 5.41) is 0. The Morgan fingerprint density at radius 2 is 1.92 bits per heavy atom. The molecule has 1 aromatic rings. The van der Waals surface area contributed by atoms with Crippen LogP contribution in [-0.4, -0.2) is 43.9 Å². The van der Waals surface area contributed by atoms with Crippen molar-refractivity contribution in [3.63, 3.8) is 0 Å². The van der Waals surface area contributed by atoms with Gasteiger partial charge in [-0.05, 0) is 37.8 Å². The molecule has 1 aliphatic heterocycles. The number of rotatable bonds is 6. The highest BCUT2D eigenvalue weighted by Crippen LogP contribution is 2.34. The molecule has 0 radical (unpaired) electrons. The zero-order valence-corrected chi connectivity index (χ0v) is 14.8. The van der Waals surface area contributed by atoms with Gasteiger partial charge in [-0.3, -0.25) is 4.98 Å². The fourth-order valence-corrected chi connectivity index (χ4v) is 3.55. The minimum atomic E-state index is -2.53. The zero-order valence-electron chi connectivity index (χ0n) is 14.8. The molecule has 1 unspecified atom stereocenters. The Morgan fingerprint density at radius 3 is 2.60 bits per heavy atom. The third kappa shape index (κ3) is 5.19. The molecule has 25 heavy (non-hydrogen) atoms. The van der Waals surface area contributed by atoms with Crippen molar-refractivity contribution in [2.75, 3.05) is 26.9 Å². The maximum Gasteiger partial charge on any atom is 0.248 e. The summed E-state index contributed by atoms with van der Waals surface area (Å²) in [4.78, 5) is 4.77. The van der Waals surface area contributed by atoms with E-state index in [1.54, 1.807) is 7.11 Å². The Labute approximate surface area is 147 Å². The fourth-order valence-electron chi connectivity index (χ4n) is 3.55. The summed E-state index contributed by atoms with van der Waals surface area (Å²) in [5.74, 6) is -2.10. The van der Waals surface area contributed by atoms with Crippen molar-refractivity contribution in [1.29, 1.82) is 0 Å². The van der Waals surface area contributed by atoms with Crippen LogP contribution < -0.4 is 0 Å². The number of halogens is 2. The van der Waals surface area contributed by atoms with Gasteiger partial charge in [0.1, 0.15) is 6.10 Å². The van der Waals surface area contributed by atoms with E-state index < -0.39 is 5.92 Å². The quantitative estimate of drug-likeness (QED) is 0.765. The lowest BCUT2D eigenvalue weighted by Gasteiger charge is -2.29. The molecule has 1 saturated heterocycles. The third-order valence-corrected chi connectivity index (χ3v) is 5.19. The van der Waals surface area contributed by atoms with Crippen molar-refractivity contribution in [3.05, 3.63) is 29.6 Å². The number of alkyl halides is 2. The van der Waals surface area contributed by atoms with E-state index in [0.29, 0.717) is 25.4 Å². The topological polar surface area (TPSA) is 40.6 Å². The summed E-state index contributed by atoms with van der Waals surface area (Å²) in [5.41, 5.74) is 1.91. The van der Waals surface area contributed by atoms with Crippen LogP contribution in [0.4, 0.5) is 8.78 Å². The van der Waals surface area contributed by atoms with E-state index in [2.05, 4.69) is 6.07 Å². The molecule has 3 rings (SSSR count). The second-order valence-corrected chi connectivity index (χ2v) is 6.99. The predicted molar refractivity (Wildman–Crippen MR) is 89.9 cm³/mol. The molecule has 1 aromatic heterocycles. The summed E-state index contributed by atoms with van der Waals surface area (Å²) < 4.78 is 43.3. The van der Waals surface area contributed by atoms with Gasteiger partial charge < -0.3 is 14.2 Å². The summed E-state index contributed by atoms with van der Waals surface area (Å²) in [7, 11) is 1.63. The van der Waals surface area contributed by atoms with Gasteiger partial charge in [-0.2, -0.15) is 0 Å². The standard InChI is InChI=1S/C19H27F2NO3/c1-23-18(13-25-15-5-9-19(20,21)10-6-15)17-4-2-3-16(22-17)14-7-11-24-12-8-14/h2-4,14-15,18H,5-13H2,1H3. The summed E-state index contributed by atoms with van der Waals surface area (Å²) in [6.07, 6.45) is 2.21. The van der Waals surface area contributed by atoms with Crippen molar-refractivity contribution in [2.45, 2.75) is 62.6 Å². The van der Waals surface area contributed by atoms with E-state index in [-0.39, 0.29) is 25.0 Å². The second-order valence-electron chi connectivity index (χ2n) is 6.99. The Hall–Kier alpha value is -1.11. The maximum atomic E-state index is 13.2. The van der Waals surface area contributed by atoms with Gasteiger partial charge in [0.25, 0.3) is 0 Å². The van der Waals surface area contributed by atoms with E-state index >= 15 is 0 Å². The van der Waals surface area contributed by atoms with Crippen LogP contribution in [-0.2, 0) is 14.2 Å². The molecule has 140 valence electrons. The van der Waals surface area contributed by atoms with Gasteiger partial charge >= 0.3 is 0 Å². The van der Waals surface area contributed by atoms with E-state index in [0.717, 1.165) is 37.4 Å². The Bertz CT molecular complexity index is 539. The predicted octanol–water partition coefficient (Wildman–Crippen LogP) is 4.26. The van der Waals surface area contributed by atoms with Crippen LogP contribution in [0.5, 0.6) is 0 Å². The number of hydrogen-bond donors (Lipinski definition) is 0. The molecule has 2 heterocycles. The molecule has 0 N–H and O–H groups in total. The van der Waals surface area contributed by atoms with Gasteiger partial charge in [-0.1, -0.05) is 6.07 Å². The van der Waals surface area contributed by atoms with Gasteiger partial charge in [0.2, 0.25) is 5.92 Å². The molecule has 0 amide bonds. The molecule has 0 spiro atoms. The van der Waals surface area contributed by atoms with Crippen molar-refractivity contribution < 1.29 is 23.0 Å². The molecule has 0 aromatic carbocycles. The molecule has 1 aliphatic carbocycles. The lowest BCUT2D eigenvalue weighted by atomic mass is 9.94. The van der Waals surface area contributed by atoms with Crippen molar-refractivity contribution in [3.8, 4) is 0 Å². The number of nitrogens with zero attached hydrogens (tertiary/aromatic N) is 1. The maximum absolute atomic E-state index is 13.2. The first-order chi connectivity index (χ1) is 12.1. The fraction of sp³-hybridized carbons (Fsp3) is 0.737. The van der Waals surface area contributed by atoms with Crippen molar-refractivity contribution >= 4 is 0 Å². The Kier molecular flexibility index (Phi) is 6.36. The molecule has 1 saturated carbocycles. The van der Waals surface area contributed by atoms with Crippen LogP contribution in [0.2, 0.25) is 0 Å². The first-order valence-electron chi connectivity index (χ1n) is 9.14. The van der Waals surface area contributed by atoms with E-state index in [4.69, 9.17) is 19.2 Å². The van der Waals surface area contributed by atoms with Crippen LogP contribution >= 0.6 is 0 Å². The molecule has 2 fully saturated rings. The van der Waals surface area contributed by atoms with Crippen LogP contribution in [0, 0.1) is 0 Å². The van der Waals surface area contributed by atoms with Gasteiger partial charge in [-0.15, -0.1) is 0 Å². The SMILES string of the molecule is COC(COC1CCC(F)(F)CC1)c1cccc(C2CCOCC2)n1. The van der Waals surface area contributed by atoms with Gasteiger partial charge in [0, 0.05) is 44.8 Å². The first kappa shape index (κ1) is 18.7. The highest BCUT2D eigenvalue weighted by Gasteiger charge is 2.35. The molecule has 2 aliphatic rings. The number of pyridine rings is 1. The number of methoxy groups -OCH3 is 1. The van der Waals surface area contributed by atoms with Crippen molar-refractivity contribution in [1.82, 2.24) is 4.98 Å². The molecule has 4 nitrogen and oxygen atoms in total. The monoisotopic (exact) mass is 355 g/mol. The third-order valence-electron chi connectivity index (χ3n) is 5.19. The van der Waals surface area contributed by atoms with Gasteiger partial charge in [0.15, 0.2) is 0 Å². The van der Waals surface area contributed by atoms with E-state index in [1.165, 1.54) is 0 Å². The zero-order chi connectivity index (χ0) is 17.7. The molecular formula is C19H27F2NO3. The van der Waals surface area contributed by atoms with Gasteiger partial charge in [0.05, 0.1) is 18.4 Å². The highest BCUT2D eigenvalue weighted by molar-refractivity contribution is 5.17. The first-order valence-corrected chi connectivity index (χ1v) is 9.14. The highest BCUT2D eigenvalue weighted by atomic mass is 19.3. The van der Waals surface area contributed by atoms with Crippen molar-refractivity contribution in [2.24, 2.45) is 0 Å². The summed E-state index contributed by atoms with van der Waals surface area (Å²) in [6, 6.07) is 5.99. The summed E-state index contributed by atoms with van der Waals surface area (Å²) in [6.45, 7) is 1.90. The van der Waals surface area contributed by atoms with Crippen LogP contribution in [0.1, 0.15) is 61.9 Å². The van der Waals surface area contributed by atoms with Crippen LogP contribution in [0.25, 0.3) is 0 Å². The molecule has 6 heteroatoms. The largest absolute Gasteiger partial charge is 0.381 e. The van der Waals surface area contributed by atoms with Gasteiger partial charge in [-0.25, -0.2) is 8.78 Å². The van der Waals surface area contributed by atoms with Crippen LogP contribution in [0.15, 0.2) is 18.2 Å². The Balaban J connectivity index is 1.57. The molecule has 1 atom stereocenters. The second kappa shape index (κ2) is 8.52. The minimum absolute atomic E-state index is 0.0905. The summed E-state index contributed by atoms with van der Waals surface area (Å²) >= 11 is 0. The lowest BCUT2D eigenvalue weighted by Crippen LogP contribution is -2.30. The normalized spacial score (nSPS) is 23.5. The average molecular weight is 355 g/mol. The van der Waals surface area contributed by atoms with E-state index in [9.17, 15) is 8.78 Å². The number of ether oxygens (including phenoxy) is 3. The van der Waals surface area contributed by atoms with E-state index in [1.807, 2.05) is 12.1 Å². The smallest absolute Gasteiger partial charge is 0.248 e. The lowest BCUT2D eigenvalue weighted by molar-refractivity contribution is -0.0964.